The van der Waals surface area contributed by atoms with Gasteiger partial charge >= 0.3 is 0 Å². The molecule has 1 aliphatic heterocycles. The maximum atomic E-state index is 13.4. The number of nitrogens with zero attached hydrogens (tertiary/aromatic N) is 4. The Balaban J connectivity index is 1.61. The van der Waals surface area contributed by atoms with Crippen LogP contribution in [0.2, 0.25) is 5.02 Å². The molecule has 1 atom stereocenters. The van der Waals surface area contributed by atoms with Gasteiger partial charge in [0.1, 0.15) is 11.6 Å². The molecule has 2 heterocycles. The zero-order valence-corrected chi connectivity index (χ0v) is 17.6. The molecule has 0 aliphatic carbocycles. The third kappa shape index (κ3) is 4.05. The molecule has 0 saturated carbocycles. The molecule has 1 saturated heterocycles. The summed E-state index contributed by atoms with van der Waals surface area (Å²) < 4.78 is 14.8. The van der Waals surface area contributed by atoms with Crippen LogP contribution in [0.15, 0.2) is 47.3 Å². The number of aromatic nitrogens is 2. The predicted molar refractivity (Wildman–Crippen MR) is 118 cm³/mol. The van der Waals surface area contributed by atoms with Crippen LogP contribution in [-0.2, 0) is 6.54 Å². The van der Waals surface area contributed by atoms with Gasteiger partial charge in [-0.2, -0.15) is 0 Å². The molecule has 6 nitrogen and oxygen atoms in total. The minimum absolute atomic E-state index is 0.184. The largest absolute Gasteiger partial charge is 0.321 e. The number of hydrogen-bond donors (Lipinski definition) is 1. The molecule has 1 aromatic heterocycles. The number of hydrogen-bond acceptors (Lipinski definition) is 5. The zero-order valence-electron chi connectivity index (χ0n) is 16.9. The van der Waals surface area contributed by atoms with Crippen molar-refractivity contribution >= 4 is 22.5 Å². The fraction of sp³-hybridized carbons (Fsp3) is 0.364. The molecule has 4 rings (SSSR count). The van der Waals surface area contributed by atoms with Crippen molar-refractivity contribution in [2.24, 2.45) is 5.73 Å². The van der Waals surface area contributed by atoms with E-state index >= 15 is 0 Å². The summed E-state index contributed by atoms with van der Waals surface area (Å²) in [5.41, 5.74) is 7.77. The second-order valence-electron chi connectivity index (χ2n) is 7.59. The first kappa shape index (κ1) is 20.8. The summed E-state index contributed by atoms with van der Waals surface area (Å²) in [6.07, 6.45) is 0.670. The first-order valence-electron chi connectivity index (χ1n) is 10.2. The highest BCUT2D eigenvalue weighted by atomic mass is 35.5. The van der Waals surface area contributed by atoms with Crippen LogP contribution in [0.1, 0.15) is 30.8 Å². The summed E-state index contributed by atoms with van der Waals surface area (Å²) in [7, 11) is 0. The first-order valence-corrected chi connectivity index (χ1v) is 10.5. The lowest BCUT2D eigenvalue weighted by Crippen LogP contribution is -2.55. The standard InChI is InChI=1S/C22H25ClFN5O/c1-2-18(25)21-26-19-5-3-4-17(23)20(19)22(30)29(21)28-12-10-27(11-13-28)14-15-6-8-16(24)9-7-15/h3-9,18H,2,10-14,25H2,1H3. The molecule has 3 aromatic rings. The Morgan fingerprint density at radius 2 is 1.83 bits per heavy atom. The van der Waals surface area contributed by atoms with Crippen molar-refractivity contribution in [3.8, 4) is 0 Å². The van der Waals surface area contributed by atoms with Crippen molar-refractivity contribution in [2.45, 2.75) is 25.9 Å². The minimum atomic E-state index is -0.349. The first-order chi connectivity index (χ1) is 14.5. The van der Waals surface area contributed by atoms with Gasteiger partial charge < -0.3 is 10.7 Å². The molecule has 2 N–H and O–H groups in total. The summed E-state index contributed by atoms with van der Waals surface area (Å²) in [6.45, 7) is 5.57. The van der Waals surface area contributed by atoms with Crippen molar-refractivity contribution in [3.63, 3.8) is 0 Å². The zero-order chi connectivity index (χ0) is 21.3. The molecular formula is C22H25ClFN5O. The minimum Gasteiger partial charge on any atom is -0.321 e. The van der Waals surface area contributed by atoms with Gasteiger partial charge in [-0.1, -0.05) is 36.7 Å². The number of rotatable bonds is 5. The molecule has 30 heavy (non-hydrogen) atoms. The molecule has 0 amide bonds. The van der Waals surface area contributed by atoms with Crippen molar-refractivity contribution < 1.29 is 4.39 Å². The van der Waals surface area contributed by atoms with E-state index in [1.807, 2.05) is 11.9 Å². The fourth-order valence-corrected chi connectivity index (χ4v) is 4.09. The smallest absolute Gasteiger partial charge is 0.281 e. The van der Waals surface area contributed by atoms with E-state index in [-0.39, 0.29) is 17.4 Å². The van der Waals surface area contributed by atoms with Crippen molar-refractivity contribution in [1.82, 2.24) is 14.6 Å². The summed E-state index contributed by atoms with van der Waals surface area (Å²) in [5, 5.41) is 2.81. The lowest BCUT2D eigenvalue weighted by Gasteiger charge is -2.38. The van der Waals surface area contributed by atoms with Gasteiger partial charge in [-0.25, -0.2) is 14.1 Å². The topological polar surface area (TPSA) is 67.4 Å². The summed E-state index contributed by atoms with van der Waals surface area (Å²) in [5.74, 6) is 0.328. The Morgan fingerprint density at radius 1 is 1.13 bits per heavy atom. The van der Waals surface area contributed by atoms with Gasteiger partial charge in [0.25, 0.3) is 5.56 Å². The number of fused-ring (bicyclic) bond motifs is 1. The summed E-state index contributed by atoms with van der Waals surface area (Å²) >= 11 is 6.33. The second kappa shape index (κ2) is 8.71. The SMILES string of the molecule is CCC(N)c1nc2cccc(Cl)c2c(=O)n1N1CCN(Cc2ccc(F)cc2)CC1. The van der Waals surface area contributed by atoms with Crippen molar-refractivity contribution in [2.75, 3.05) is 31.2 Å². The third-order valence-corrected chi connectivity index (χ3v) is 5.89. The van der Waals surface area contributed by atoms with Crippen LogP contribution >= 0.6 is 11.6 Å². The van der Waals surface area contributed by atoms with Crippen LogP contribution in [0.25, 0.3) is 10.9 Å². The van der Waals surface area contributed by atoms with Gasteiger partial charge in [-0.3, -0.25) is 9.69 Å². The number of nitrogens with two attached hydrogens (primary N) is 1. The molecule has 1 aliphatic rings. The molecular weight excluding hydrogens is 405 g/mol. The quantitative estimate of drug-likeness (QED) is 0.675. The number of benzene rings is 2. The fourth-order valence-electron chi connectivity index (χ4n) is 3.84. The van der Waals surface area contributed by atoms with Crippen LogP contribution in [0, 0.1) is 5.82 Å². The Labute approximate surface area is 179 Å². The van der Waals surface area contributed by atoms with E-state index in [2.05, 4.69) is 4.90 Å². The lowest BCUT2D eigenvalue weighted by atomic mass is 10.2. The van der Waals surface area contributed by atoms with Crippen molar-refractivity contribution in [1.29, 1.82) is 0 Å². The van der Waals surface area contributed by atoms with E-state index in [0.29, 0.717) is 41.3 Å². The molecule has 0 bridgehead atoms. The molecule has 158 valence electrons. The predicted octanol–water partition coefficient (Wildman–Crippen LogP) is 3.05. The van der Waals surface area contributed by atoms with Gasteiger partial charge in [-0.15, -0.1) is 0 Å². The Kier molecular flexibility index (Phi) is 6.04. The molecule has 8 heteroatoms. The summed E-state index contributed by atoms with van der Waals surface area (Å²) in [6, 6.07) is 11.5. The van der Waals surface area contributed by atoms with Gasteiger partial charge in [0.2, 0.25) is 0 Å². The third-order valence-electron chi connectivity index (χ3n) is 5.57. The number of halogens is 2. The van der Waals surface area contributed by atoms with Gasteiger partial charge in [0, 0.05) is 32.7 Å². The van der Waals surface area contributed by atoms with E-state index in [9.17, 15) is 9.18 Å². The van der Waals surface area contributed by atoms with Crippen LogP contribution in [0.5, 0.6) is 0 Å². The van der Waals surface area contributed by atoms with E-state index < -0.39 is 0 Å². The highest BCUT2D eigenvalue weighted by molar-refractivity contribution is 6.35. The Bertz CT molecular complexity index is 1090. The van der Waals surface area contributed by atoms with E-state index in [4.69, 9.17) is 22.3 Å². The molecule has 0 spiro atoms. The van der Waals surface area contributed by atoms with Crippen LogP contribution in [0.3, 0.4) is 0 Å². The Morgan fingerprint density at radius 3 is 2.50 bits per heavy atom. The lowest BCUT2D eigenvalue weighted by molar-refractivity contribution is 0.229. The average Bonchev–Trinajstić information content (AvgIpc) is 2.75. The average molecular weight is 430 g/mol. The second-order valence-corrected chi connectivity index (χ2v) is 8.00. The van der Waals surface area contributed by atoms with E-state index in [0.717, 1.165) is 25.2 Å². The van der Waals surface area contributed by atoms with Crippen molar-refractivity contribution in [3.05, 3.63) is 75.0 Å². The maximum Gasteiger partial charge on any atom is 0.281 e. The number of piperazine rings is 1. The van der Waals surface area contributed by atoms with Crippen LogP contribution in [-0.4, -0.2) is 40.7 Å². The van der Waals surface area contributed by atoms with Gasteiger partial charge in [0.15, 0.2) is 0 Å². The highest BCUT2D eigenvalue weighted by Gasteiger charge is 2.24. The van der Waals surface area contributed by atoms with Gasteiger partial charge in [-0.05, 0) is 36.2 Å². The molecule has 0 radical (unpaired) electrons. The maximum absolute atomic E-state index is 13.4. The normalized spacial score (nSPS) is 16.2. The van der Waals surface area contributed by atoms with E-state index in [1.54, 1.807) is 35.0 Å². The van der Waals surface area contributed by atoms with Gasteiger partial charge in [0.05, 0.1) is 22.0 Å². The molecule has 1 unspecified atom stereocenters. The summed E-state index contributed by atoms with van der Waals surface area (Å²) in [4.78, 5) is 20.4. The Hall–Kier alpha value is -2.48. The van der Waals surface area contributed by atoms with Crippen LogP contribution in [0.4, 0.5) is 4.39 Å². The molecule has 2 aromatic carbocycles. The van der Waals surface area contributed by atoms with E-state index in [1.165, 1.54) is 12.1 Å². The monoisotopic (exact) mass is 429 g/mol. The highest BCUT2D eigenvalue weighted by Crippen LogP contribution is 2.21. The molecule has 1 fully saturated rings. The van der Waals surface area contributed by atoms with Crippen LogP contribution < -0.4 is 16.3 Å².